The third-order valence-electron chi connectivity index (χ3n) is 5.09. The highest BCUT2D eigenvalue weighted by Crippen LogP contribution is 2.20. The van der Waals surface area contributed by atoms with E-state index in [1.54, 1.807) is 0 Å². The Balaban J connectivity index is 3.97. The van der Waals surface area contributed by atoms with Crippen molar-refractivity contribution < 1.29 is 34.8 Å². The second-order valence-corrected chi connectivity index (χ2v) is 8.44. The minimum Gasteiger partial charge on any atom is -0.460 e. The maximum absolute atomic E-state index is 11.7. The number of rotatable bonds is 16. The van der Waals surface area contributed by atoms with Crippen molar-refractivity contribution in [1.29, 1.82) is 0 Å². The molecule has 0 radical (unpaired) electrons. The number of Topliss-reactive ketones (excluding diaryl/α,β-unsaturated/α-hetero) is 1. The molecule has 0 heterocycles. The van der Waals surface area contributed by atoms with Gasteiger partial charge in [0.1, 0.15) is 12.2 Å². The maximum Gasteiger partial charge on any atom is 0.377 e. The fourth-order valence-electron chi connectivity index (χ4n) is 3.00. The second-order valence-electron chi connectivity index (χ2n) is 8.44. The Kier molecular flexibility index (Phi) is 14.4. The number of esters is 1. The Bertz CT molecular complexity index is 438. The van der Waals surface area contributed by atoms with Gasteiger partial charge in [-0.2, -0.15) is 0 Å². The molecule has 0 aliphatic heterocycles. The van der Waals surface area contributed by atoms with Gasteiger partial charge in [-0.05, 0) is 24.2 Å². The largest absolute Gasteiger partial charge is 0.460 e. The standard InChI is InChI=1S/C21H40O7/c1-14(2)7-5-8-15(3)9-6-10-16(4)11-12-28-21(27)20(26)19(25)18(24)17(23)13-22/h14-19,22-25H,5-13H2,1-4H3. The van der Waals surface area contributed by atoms with Gasteiger partial charge in [0.2, 0.25) is 0 Å². The maximum atomic E-state index is 11.7. The Morgan fingerprint density at radius 2 is 1.32 bits per heavy atom. The third kappa shape index (κ3) is 11.7. The highest BCUT2D eigenvalue weighted by molar-refractivity contribution is 6.35. The van der Waals surface area contributed by atoms with Crippen molar-refractivity contribution in [2.45, 2.75) is 91.0 Å². The van der Waals surface area contributed by atoms with Crippen molar-refractivity contribution in [3.05, 3.63) is 0 Å². The fourth-order valence-corrected chi connectivity index (χ4v) is 3.00. The average molecular weight is 405 g/mol. The molecule has 0 saturated heterocycles. The molecule has 0 saturated carbocycles. The molecule has 0 aliphatic carbocycles. The SMILES string of the molecule is CC(C)CCCC(C)CCCC(C)CCOC(=O)C(=O)C(O)C(O)C(O)CO. The van der Waals surface area contributed by atoms with Crippen molar-refractivity contribution in [3.63, 3.8) is 0 Å². The van der Waals surface area contributed by atoms with E-state index in [9.17, 15) is 24.9 Å². The summed E-state index contributed by atoms with van der Waals surface area (Å²) in [4.78, 5) is 23.3. The molecule has 0 aromatic heterocycles. The van der Waals surface area contributed by atoms with Crippen molar-refractivity contribution in [2.75, 3.05) is 13.2 Å². The number of aliphatic hydroxyl groups excluding tert-OH is 4. The van der Waals surface area contributed by atoms with Crippen LogP contribution in [0.2, 0.25) is 0 Å². The molecule has 0 fully saturated rings. The molecule has 0 aromatic rings. The molecular weight excluding hydrogens is 364 g/mol. The molecule has 5 atom stereocenters. The molecule has 28 heavy (non-hydrogen) atoms. The van der Waals surface area contributed by atoms with E-state index in [1.807, 2.05) is 0 Å². The molecule has 0 rings (SSSR count). The Morgan fingerprint density at radius 1 is 0.821 bits per heavy atom. The molecule has 0 aromatic carbocycles. The number of carbonyl (C=O) groups is 2. The summed E-state index contributed by atoms with van der Waals surface area (Å²) in [6.45, 7) is 8.05. The highest BCUT2D eigenvalue weighted by atomic mass is 16.5. The van der Waals surface area contributed by atoms with Gasteiger partial charge in [-0.15, -0.1) is 0 Å². The van der Waals surface area contributed by atoms with Crippen LogP contribution in [0.1, 0.15) is 72.6 Å². The molecule has 7 heteroatoms. The molecule has 0 aliphatic rings. The van der Waals surface area contributed by atoms with E-state index >= 15 is 0 Å². The van der Waals surface area contributed by atoms with Crippen LogP contribution >= 0.6 is 0 Å². The lowest BCUT2D eigenvalue weighted by Gasteiger charge is -2.19. The van der Waals surface area contributed by atoms with E-state index in [4.69, 9.17) is 9.84 Å². The first-order valence-electron chi connectivity index (χ1n) is 10.5. The van der Waals surface area contributed by atoms with E-state index < -0.39 is 36.7 Å². The zero-order valence-electron chi connectivity index (χ0n) is 17.8. The minimum absolute atomic E-state index is 0.0566. The predicted octanol–water partition coefficient (Wildman–Crippen LogP) is 1.83. The molecule has 0 spiro atoms. The summed E-state index contributed by atoms with van der Waals surface area (Å²) in [5, 5.41) is 36.9. The molecular formula is C21H40O7. The van der Waals surface area contributed by atoms with Crippen LogP contribution in [0.4, 0.5) is 0 Å². The number of ether oxygens (including phenoxy) is 1. The number of aliphatic hydroxyl groups is 4. The third-order valence-corrected chi connectivity index (χ3v) is 5.09. The molecule has 7 nitrogen and oxygen atoms in total. The van der Waals surface area contributed by atoms with Crippen LogP contribution in [0, 0.1) is 17.8 Å². The quantitative estimate of drug-likeness (QED) is 0.228. The fraction of sp³-hybridized carbons (Fsp3) is 0.905. The lowest BCUT2D eigenvalue weighted by molar-refractivity contribution is -0.163. The Morgan fingerprint density at radius 3 is 1.82 bits per heavy atom. The van der Waals surface area contributed by atoms with E-state index in [1.165, 1.54) is 25.7 Å². The Hall–Kier alpha value is -1.02. The van der Waals surface area contributed by atoms with Crippen molar-refractivity contribution in [3.8, 4) is 0 Å². The lowest BCUT2D eigenvalue weighted by Crippen LogP contribution is -2.46. The summed E-state index contributed by atoms with van der Waals surface area (Å²) in [6.07, 6.45) is 1.95. The zero-order valence-corrected chi connectivity index (χ0v) is 17.8. The normalized spacial score (nSPS) is 17.0. The van der Waals surface area contributed by atoms with Crippen LogP contribution in [0.5, 0.6) is 0 Å². The van der Waals surface area contributed by atoms with Crippen LogP contribution in [-0.4, -0.2) is 63.7 Å². The molecule has 0 bridgehead atoms. The van der Waals surface area contributed by atoms with Gasteiger partial charge in [0.05, 0.1) is 13.2 Å². The molecule has 166 valence electrons. The van der Waals surface area contributed by atoms with Gasteiger partial charge in [0.15, 0.2) is 6.10 Å². The average Bonchev–Trinajstić information content (AvgIpc) is 2.64. The number of ketones is 1. The zero-order chi connectivity index (χ0) is 21.7. The van der Waals surface area contributed by atoms with Crippen molar-refractivity contribution in [1.82, 2.24) is 0 Å². The summed E-state index contributed by atoms with van der Waals surface area (Å²) in [7, 11) is 0. The smallest absolute Gasteiger partial charge is 0.377 e. The van der Waals surface area contributed by atoms with E-state index in [-0.39, 0.29) is 6.61 Å². The number of hydrogen-bond donors (Lipinski definition) is 4. The highest BCUT2D eigenvalue weighted by Gasteiger charge is 2.34. The van der Waals surface area contributed by atoms with Crippen LogP contribution < -0.4 is 0 Å². The van der Waals surface area contributed by atoms with Gasteiger partial charge in [0, 0.05) is 0 Å². The lowest BCUT2D eigenvalue weighted by atomic mass is 9.93. The molecule has 4 N–H and O–H groups in total. The van der Waals surface area contributed by atoms with Gasteiger partial charge < -0.3 is 25.2 Å². The Labute approximate surface area is 169 Å². The van der Waals surface area contributed by atoms with Crippen LogP contribution in [-0.2, 0) is 14.3 Å². The first kappa shape index (κ1) is 27.0. The van der Waals surface area contributed by atoms with Gasteiger partial charge in [-0.25, -0.2) is 4.79 Å². The topological polar surface area (TPSA) is 124 Å². The summed E-state index contributed by atoms with van der Waals surface area (Å²) in [6, 6.07) is 0. The number of carbonyl (C=O) groups excluding carboxylic acids is 2. The van der Waals surface area contributed by atoms with Gasteiger partial charge in [-0.1, -0.05) is 66.2 Å². The van der Waals surface area contributed by atoms with Crippen molar-refractivity contribution >= 4 is 11.8 Å². The first-order chi connectivity index (χ1) is 13.1. The van der Waals surface area contributed by atoms with Crippen LogP contribution in [0.25, 0.3) is 0 Å². The summed E-state index contributed by atoms with van der Waals surface area (Å²) < 4.78 is 4.86. The second kappa shape index (κ2) is 14.9. The first-order valence-corrected chi connectivity index (χ1v) is 10.5. The minimum atomic E-state index is -2.12. The summed E-state index contributed by atoms with van der Waals surface area (Å²) in [5.74, 6) is -0.766. The van der Waals surface area contributed by atoms with Gasteiger partial charge in [0.25, 0.3) is 5.78 Å². The van der Waals surface area contributed by atoms with E-state index in [0.29, 0.717) is 18.3 Å². The van der Waals surface area contributed by atoms with Gasteiger partial charge >= 0.3 is 5.97 Å². The molecule has 0 amide bonds. The molecule has 5 unspecified atom stereocenters. The van der Waals surface area contributed by atoms with Crippen LogP contribution in [0.15, 0.2) is 0 Å². The monoisotopic (exact) mass is 404 g/mol. The van der Waals surface area contributed by atoms with Crippen molar-refractivity contribution in [2.24, 2.45) is 17.8 Å². The van der Waals surface area contributed by atoms with Gasteiger partial charge in [-0.3, -0.25) is 4.79 Å². The summed E-state index contributed by atoms with van der Waals surface area (Å²) >= 11 is 0. The number of hydrogen-bond acceptors (Lipinski definition) is 7. The predicted molar refractivity (Wildman–Crippen MR) is 107 cm³/mol. The van der Waals surface area contributed by atoms with E-state index in [0.717, 1.165) is 18.8 Å². The van der Waals surface area contributed by atoms with Crippen LogP contribution in [0.3, 0.4) is 0 Å². The summed E-state index contributed by atoms with van der Waals surface area (Å²) in [5.41, 5.74) is 0. The van der Waals surface area contributed by atoms with E-state index in [2.05, 4.69) is 27.7 Å².